The molecule has 5 heteroatoms. The third-order valence-corrected chi connectivity index (χ3v) is 6.80. The lowest BCUT2D eigenvalue weighted by Crippen LogP contribution is -2.48. The Hall–Kier alpha value is -2.04. The van der Waals surface area contributed by atoms with Crippen molar-refractivity contribution >= 4 is 12.1 Å². The van der Waals surface area contributed by atoms with Gasteiger partial charge in [0.05, 0.1) is 11.6 Å². The molecule has 5 atom stereocenters. The van der Waals surface area contributed by atoms with Crippen LogP contribution in [-0.4, -0.2) is 30.3 Å². The molecule has 2 aliphatic rings. The molecule has 2 fully saturated rings. The first-order chi connectivity index (χ1) is 14.4. The lowest BCUT2D eigenvalue weighted by atomic mass is 9.86. The van der Waals surface area contributed by atoms with Crippen LogP contribution in [0.15, 0.2) is 30.3 Å². The number of alkyl carbamates (subject to hydrolysis) is 1. The van der Waals surface area contributed by atoms with Crippen LogP contribution < -0.4 is 5.32 Å². The van der Waals surface area contributed by atoms with E-state index in [0.29, 0.717) is 23.3 Å². The minimum atomic E-state index is -0.368. The third-order valence-electron chi connectivity index (χ3n) is 6.80. The average molecular weight is 416 g/mol. The van der Waals surface area contributed by atoms with E-state index in [1.165, 1.54) is 6.42 Å². The average Bonchev–Trinajstić information content (AvgIpc) is 2.91. The number of hydrogen-bond acceptors (Lipinski definition) is 4. The summed E-state index contributed by atoms with van der Waals surface area (Å²) in [5, 5.41) is 3.03. The van der Waals surface area contributed by atoms with Crippen LogP contribution in [0, 0.1) is 17.8 Å². The van der Waals surface area contributed by atoms with Crippen molar-refractivity contribution in [2.75, 3.05) is 0 Å². The molecule has 1 aromatic carbocycles. The predicted molar refractivity (Wildman–Crippen MR) is 117 cm³/mol. The Bertz CT molecular complexity index is 690. The highest BCUT2D eigenvalue weighted by atomic mass is 16.6. The second-order valence-electron chi connectivity index (χ2n) is 9.46. The zero-order valence-electron chi connectivity index (χ0n) is 18.6. The van der Waals surface area contributed by atoms with Gasteiger partial charge in [-0.3, -0.25) is 0 Å². The maximum Gasteiger partial charge on any atom is 0.407 e. The van der Waals surface area contributed by atoms with E-state index >= 15 is 0 Å². The first-order valence-electron chi connectivity index (χ1n) is 11.7. The van der Waals surface area contributed by atoms with Crippen LogP contribution in [0.3, 0.4) is 0 Å². The fraction of sp³-hybridized carbons (Fsp3) is 0.680. The molecule has 0 saturated heterocycles. The molecular formula is C25H37NO4. The molecule has 0 aromatic heterocycles. The summed E-state index contributed by atoms with van der Waals surface area (Å²) >= 11 is 0. The van der Waals surface area contributed by atoms with Crippen molar-refractivity contribution in [3.63, 3.8) is 0 Å². The van der Waals surface area contributed by atoms with E-state index in [1.807, 2.05) is 18.2 Å². The Morgan fingerprint density at radius 2 is 1.60 bits per heavy atom. The quantitative estimate of drug-likeness (QED) is 0.492. The molecule has 30 heavy (non-hydrogen) atoms. The molecule has 0 bridgehead atoms. The first kappa shape index (κ1) is 22.6. The molecule has 1 aromatic rings. The number of hydrogen-bond donors (Lipinski definition) is 1. The summed E-state index contributed by atoms with van der Waals surface area (Å²) in [4.78, 5) is 25.3. The van der Waals surface area contributed by atoms with Crippen molar-refractivity contribution in [3.05, 3.63) is 35.9 Å². The van der Waals surface area contributed by atoms with Gasteiger partial charge in [-0.05, 0) is 68.4 Å². The normalized spacial score (nSPS) is 29.7. The lowest BCUT2D eigenvalue weighted by Gasteiger charge is -2.33. The van der Waals surface area contributed by atoms with E-state index in [9.17, 15) is 9.59 Å². The first-order valence-corrected chi connectivity index (χ1v) is 11.7. The van der Waals surface area contributed by atoms with Crippen LogP contribution >= 0.6 is 0 Å². The van der Waals surface area contributed by atoms with E-state index in [4.69, 9.17) is 9.47 Å². The monoisotopic (exact) mass is 415 g/mol. The van der Waals surface area contributed by atoms with Crippen LogP contribution in [0.4, 0.5) is 4.79 Å². The SMILES string of the molecule is CC(C)[C@@H]1CC[C@@H](C)CC[C@H]1OC(=O)N[C@H]1CCCC[C@@H]1OC(=O)c1ccccc1. The van der Waals surface area contributed by atoms with Crippen LogP contribution in [0.2, 0.25) is 0 Å². The van der Waals surface area contributed by atoms with Gasteiger partial charge in [-0.15, -0.1) is 0 Å². The summed E-state index contributed by atoms with van der Waals surface area (Å²) in [5.41, 5.74) is 0.539. The molecular weight excluding hydrogens is 378 g/mol. The van der Waals surface area contributed by atoms with Gasteiger partial charge in [-0.1, -0.05) is 51.8 Å². The second kappa shape index (κ2) is 10.8. The van der Waals surface area contributed by atoms with Crippen molar-refractivity contribution in [2.45, 2.75) is 90.4 Å². The number of esters is 1. The molecule has 3 rings (SSSR count). The Morgan fingerprint density at radius 1 is 0.900 bits per heavy atom. The van der Waals surface area contributed by atoms with E-state index in [-0.39, 0.29) is 30.3 Å². The highest BCUT2D eigenvalue weighted by Crippen LogP contribution is 2.34. The molecule has 1 N–H and O–H groups in total. The van der Waals surface area contributed by atoms with Gasteiger partial charge < -0.3 is 14.8 Å². The van der Waals surface area contributed by atoms with Gasteiger partial charge in [-0.25, -0.2) is 9.59 Å². The van der Waals surface area contributed by atoms with Gasteiger partial charge in [0.1, 0.15) is 12.2 Å². The maximum atomic E-state index is 12.8. The van der Waals surface area contributed by atoms with Gasteiger partial charge >= 0.3 is 12.1 Å². The standard InChI is InChI=1S/C25H37NO4/c1-17(2)20-15-13-18(3)14-16-22(20)30-25(28)26-21-11-7-8-12-23(21)29-24(27)19-9-5-4-6-10-19/h4-6,9-10,17-18,20-23H,7-8,11-16H2,1-3H3,(H,26,28)/t18-,20+,21+,22-,23+/m1/s1. The van der Waals surface area contributed by atoms with E-state index in [0.717, 1.165) is 44.9 Å². The zero-order valence-corrected chi connectivity index (χ0v) is 18.6. The zero-order chi connectivity index (χ0) is 21.5. The van der Waals surface area contributed by atoms with Gasteiger partial charge in [-0.2, -0.15) is 0 Å². The van der Waals surface area contributed by atoms with Crippen molar-refractivity contribution in [1.82, 2.24) is 5.32 Å². The van der Waals surface area contributed by atoms with Crippen LogP contribution in [0.25, 0.3) is 0 Å². The highest BCUT2D eigenvalue weighted by molar-refractivity contribution is 5.89. The number of rotatable bonds is 5. The molecule has 1 amide bonds. The van der Waals surface area contributed by atoms with Crippen LogP contribution in [0.1, 0.15) is 82.5 Å². The number of amides is 1. The van der Waals surface area contributed by atoms with Gasteiger partial charge in [0.2, 0.25) is 0 Å². The van der Waals surface area contributed by atoms with E-state index in [1.54, 1.807) is 12.1 Å². The van der Waals surface area contributed by atoms with Crippen molar-refractivity contribution in [1.29, 1.82) is 0 Å². The number of benzene rings is 1. The number of ether oxygens (including phenoxy) is 2. The number of nitrogens with one attached hydrogen (secondary N) is 1. The van der Waals surface area contributed by atoms with Gasteiger partial charge in [0.15, 0.2) is 0 Å². The fourth-order valence-corrected chi connectivity index (χ4v) is 4.88. The predicted octanol–water partition coefficient (Wildman–Crippen LogP) is 5.73. The minimum absolute atomic E-state index is 0.0381. The number of carbonyl (C=O) groups excluding carboxylic acids is 2. The van der Waals surface area contributed by atoms with Gasteiger partial charge in [0, 0.05) is 0 Å². The Labute approximate surface area is 180 Å². The highest BCUT2D eigenvalue weighted by Gasteiger charge is 2.34. The third kappa shape index (κ3) is 6.23. The largest absolute Gasteiger partial charge is 0.457 e. The van der Waals surface area contributed by atoms with Crippen molar-refractivity contribution in [3.8, 4) is 0 Å². The Balaban J connectivity index is 1.58. The molecule has 0 spiro atoms. The van der Waals surface area contributed by atoms with Crippen molar-refractivity contribution < 1.29 is 19.1 Å². The lowest BCUT2D eigenvalue weighted by molar-refractivity contribution is 0.00367. The minimum Gasteiger partial charge on any atom is -0.457 e. The second-order valence-corrected chi connectivity index (χ2v) is 9.46. The molecule has 5 nitrogen and oxygen atoms in total. The summed E-state index contributed by atoms with van der Waals surface area (Å²) in [6.45, 7) is 6.72. The van der Waals surface area contributed by atoms with E-state index < -0.39 is 0 Å². The smallest absolute Gasteiger partial charge is 0.407 e. The topological polar surface area (TPSA) is 64.6 Å². The van der Waals surface area contributed by atoms with Crippen molar-refractivity contribution in [2.24, 2.45) is 17.8 Å². The molecule has 0 radical (unpaired) electrons. The maximum absolute atomic E-state index is 12.8. The van der Waals surface area contributed by atoms with Crippen LogP contribution in [0.5, 0.6) is 0 Å². The molecule has 0 unspecified atom stereocenters. The van der Waals surface area contributed by atoms with E-state index in [2.05, 4.69) is 26.1 Å². The molecule has 0 heterocycles. The Kier molecular flexibility index (Phi) is 8.17. The summed E-state index contributed by atoms with van der Waals surface area (Å²) in [5.74, 6) is 1.24. The molecule has 0 aliphatic heterocycles. The summed E-state index contributed by atoms with van der Waals surface area (Å²) < 4.78 is 11.7. The molecule has 2 aliphatic carbocycles. The molecule has 166 valence electrons. The summed E-state index contributed by atoms with van der Waals surface area (Å²) in [6, 6.07) is 8.83. The van der Waals surface area contributed by atoms with Crippen LogP contribution in [-0.2, 0) is 9.47 Å². The number of carbonyl (C=O) groups is 2. The fourth-order valence-electron chi connectivity index (χ4n) is 4.88. The van der Waals surface area contributed by atoms with Gasteiger partial charge in [0.25, 0.3) is 0 Å². The summed E-state index contributed by atoms with van der Waals surface area (Å²) in [7, 11) is 0. The molecule has 2 saturated carbocycles. The summed E-state index contributed by atoms with van der Waals surface area (Å²) in [6.07, 6.45) is 7.19. The Morgan fingerprint density at radius 3 is 2.33 bits per heavy atom.